The van der Waals surface area contributed by atoms with Crippen LogP contribution in [-0.2, 0) is 21.4 Å². The van der Waals surface area contributed by atoms with E-state index in [1.54, 1.807) is 24.3 Å². The predicted octanol–water partition coefficient (Wildman–Crippen LogP) is 4.43. The van der Waals surface area contributed by atoms with Crippen molar-refractivity contribution in [3.05, 3.63) is 96.1 Å². The Kier molecular flexibility index (Phi) is 6.28. The molecule has 4 aromatic carbocycles. The lowest BCUT2D eigenvalue weighted by Crippen LogP contribution is -2.50. The van der Waals surface area contributed by atoms with E-state index in [0.29, 0.717) is 23.7 Å². The van der Waals surface area contributed by atoms with Crippen LogP contribution in [0.3, 0.4) is 0 Å². The minimum absolute atomic E-state index is 0.105. The SMILES string of the molecule is COc1ccc(S(=O)(=O)N2CC(C(=O)NCc3ccc4ccccc4c3)Oc3ccc(C)cc32)cc1. The van der Waals surface area contributed by atoms with E-state index >= 15 is 0 Å². The van der Waals surface area contributed by atoms with Crippen molar-refractivity contribution in [2.45, 2.75) is 24.5 Å². The zero-order chi connectivity index (χ0) is 25.3. The summed E-state index contributed by atoms with van der Waals surface area (Å²) in [6, 6.07) is 25.5. The molecule has 8 heteroatoms. The van der Waals surface area contributed by atoms with E-state index in [2.05, 4.69) is 5.32 Å². The summed E-state index contributed by atoms with van der Waals surface area (Å²) >= 11 is 0. The molecule has 36 heavy (non-hydrogen) atoms. The number of fused-ring (bicyclic) bond motifs is 2. The van der Waals surface area contributed by atoms with Gasteiger partial charge in [0.05, 0.1) is 24.2 Å². The van der Waals surface area contributed by atoms with Crippen molar-refractivity contribution in [1.82, 2.24) is 5.32 Å². The summed E-state index contributed by atoms with van der Waals surface area (Å²) in [7, 11) is -2.44. The van der Waals surface area contributed by atoms with Gasteiger partial charge in [-0.25, -0.2) is 8.42 Å². The Hall–Kier alpha value is -4.04. The highest BCUT2D eigenvalue weighted by Gasteiger charge is 2.37. The maximum atomic E-state index is 13.6. The molecule has 7 nitrogen and oxygen atoms in total. The first-order chi connectivity index (χ1) is 17.3. The molecule has 1 heterocycles. The largest absolute Gasteiger partial charge is 0.497 e. The molecule has 0 bridgehead atoms. The fourth-order valence-electron chi connectivity index (χ4n) is 4.25. The third kappa shape index (κ3) is 4.59. The molecule has 1 aliphatic heterocycles. The fraction of sp³-hybridized carbons (Fsp3) is 0.179. The Labute approximate surface area is 210 Å². The second-order valence-electron chi connectivity index (χ2n) is 8.69. The Morgan fingerprint density at radius 2 is 1.75 bits per heavy atom. The number of nitrogens with zero attached hydrogens (tertiary/aromatic N) is 1. The van der Waals surface area contributed by atoms with Gasteiger partial charge in [0, 0.05) is 6.54 Å². The van der Waals surface area contributed by atoms with Crippen LogP contribution >= 0.6 is 0 Å². The number of benzene rings is 4. The summed E-state index contributed by atoms with van der Waals surface area (Å²) in [4.78, 5) is 13.2. The molecular weight excluding hydrogens is 476 g/mol. The molecular formula is C28H26N2O5S. The lowest BCUT2D eigenvalue weighted by molar-refractivity contribution is -0.127. The van der Waals surface area contributed by atoms with Gasteiger partial charge in [0.25, 0.3) is 15.9 Å². The fourth-order valence-corrected chi connectivity index (χ4v) is 5.72. The van der Waals surface area contributed by atoms with E-state index in [1.807, 2.05) is 55.5 Å². The van der Waals surface area contributed by atoms with Crippen LogP contribution < -0.4 is 19.1 Å². The summed E-state index contributed by atoms with van der Waals surface area (Å²) in [6.45, 7) is 2.03. The predicted molar refractivity (Wildman–Crippen MR) is 139 cm³/mol. The molecule has 0 fully saturated rings. The Morgan fingerprint density at radius 1 is 1.00 bits per heavy atom. The molecule has 1 N–H and O–H groups in total. The number of hydrogen-bond donors (Lipinski definition) is 1. The number of hydrogen-bond acceptors (Lipinski definition) is 5. The van der Waals surface area contributed by atoms with Crippen molar-refractivity contribution in [1.29, 1.82) is 0 Å². The van der Waals surface area contributed by atoms with Gasteiger partial charge in [0.1, 0.15) is 11.5 Å². The van der Waals surface area contributed by atoms with E-state index in [1.165, 1.54) is 23.5 Å². The zero-order valence-electron chi connectivity index (χ0n) is 20.0. The first-order valence-corrected chi connectivity index (χ1v) is 13.0. The first kappa shape index (κ1) is 23.7. The van der Waals surface area contributed by atoms with Crippen molar-refractivity contribution >= 4 is 32.4 Å². The number of anilines is 1. The Morgan fingerprint density at radius 3 is 2.50 bits per heavy atom. The first-order valence-electron chi connectivity index (χ1n) is 11.5. The molecule has 4 aromatic rings. The smallest absolute Gasteiger partial charge is 0.264 e. The summed E-state index contributed by atoms with van der Waals surface area (Å²) < 4.78 is 39.6. The minimum atomic E-state index is -3.96. The Bertz CT molecular complexity index is 1530. The van der Waals surface area contributed by atoms with Crippen molar-refractivity contribution in [2.75, 3.05) is 18.0 Å². The van der Waals surface area contributed by atoms with Crippen molar-refractivity contribution < 1.29 is 22.7 Å². The molecule has 0 saturated carbocycles. The molecule has 0 aliphatic carbocycles. The van der Waals surface area contributed by atoms with Crippen LogP contribution in [0, 0.1) is 6.92 Å². The average molecular weight is 503 g/mol. The molecule has 0 saturated heterocycles. The van der Waals surface area contributed by atoms with E-state index < -0.39 is 16.1 Å². The monoisotopic (exact) mass is 502 g/mol. The summed E-state index contributed by atoms with van der Waals surface area (Å²) in [5.74, 6) is 0.511. The van der Waals surface area contributed by atoms with Gasteiger partial charge >= 0.3 is 0 Å². The molecule has 1 unspecified atom stereocenters. The molecule has 5 rings (SSSR count). The number of carbonyl (C=O) groups is 1. The van der Waals surface area contributed by atoms with Crippen LogP contribution in [0.4, 0.5) is 5.69 Å². The van der Waals surface area contributed by atoms with E-state index in [0.717, 1.165) is 21.9 Å². The molecule has 1 atom stereocenters. The lowest BCUT2D eigenvalue weighted by atomic mass is 10.1. The van der Waals surface area contributed by atoms with Gasteiger partial charge in [-0.15, -0.1) is 0 Å². The van der Waals surface area contributed by atoms with Crippen LogP contribution in [0.25, 0.3) is 10.8 Å². The molecule has 0 spiro atoms. The number of amides is 1. The average Bonchev–Trinajstić information content (AvgIpc) is 2.91. The third-order valence-electron chi connectivity index (χ3n) is 6.20. The number of ether oxygens (including phenoxy) is 2. The van der Waals surface area contributed by atoms with Gasteiger partial charge in [0.15, 0.2) is 6.10 Å². The van der Waals surface area contributed by atoms with Gasteiger partial charge in [-0.05, 0) is 71.3 Å². The maximum absolute atomic E-state index is 13.6. The van der Waals surface area contributed by atoms with Gasteiger partial charge in [-0.1, -0.05) is 42.5 Å². The highest BCUT2D eigenvalue weighted by Crippen LogP contribution is 2.38. The number of methoxy groups -OCH3 is 1. The zero-order valence-corrected chi connectivity index (χ0v) is 20.8. The minimum Gasteiger partial charge on any atom is -0.497 e. The van der Waals surface area contributed by atoms with Gasteiger partial charge in [-0.2, -0.15) is 0 Å². The molecule has 1 amide bonds. The van der Waals surface area contributed by atoms with Crippen LogP contribution in [0.2, 0.25) is 0 Å². The number of aryl methyl sites for hydroxylation is 1. The molecule has 0 aromatic heterocycles. The highest BCUT2D eigenvalue weighted by atomic mass is 32.2. The van der Waals surface area contributed by atoms with Crippen molar-refractivity contribution in [3.8, 4) is 11.5 Å². The second-order valence-corrected chi connectivity index (χ2v) is 10.6. The normalized spacial score (nSPS) is 15.2. The van der Waals surface area contributed by atoms with Gasteiger partial charge in [-0.3, -0.25) is 9.10 Å². The van der Waals surface area contributed by atoms with E-state index in [-0.39, 0.29) is 17.3 Å². The summed E-state index contributed by atoms with van der Waals surface area (Å²) in [5.41, 5.74) is 2.23. The lowest BCUT2D eigenvalue weighted by Gasteiger charge is -2.35. The number of nitrogens with one attached hydrogen (secondary N) is 1. The molecule has 1 aliphatic rings. The van der Waals surface area contributed by atoms with E-state index in [4.69, 9.17) is 9.47 Å². The third-order valence-corrected chi connectivity index (χ3v) is 8.00. The maximum Gasteiger partial charge on any atom is 0.264 e. The summed E-state index contributed by atoms with van der Waals surface area (Å²) in [5, 5.41) is 5.10. The van der Waals surface area contributed by atoms with Gasteiger partial charge < -0.3 is 14.8 Å². The number of rotatable bonds is 6. The van der Waals surface area contributed by atoms with Crippen molar-refractivity contribution in [2.24, 2.45) is 0 Å². The van der Waals surface area contributed by atoms with Crippen LogP contribution in [-0.4, -0.2) is 34.1 Å². The topological polar surface area (TPSA) is 84.9 Å². The molecule has 184 valence electrons. The number of sulfonamides is 1. The van der Waals surface area contributed by atoms with Gasteiger partial charge in [0.2, 0.25) is 0 Å². The van der Waals surface area contributed by atoms with Crippen LogP contribution in [0.5, 0.6) is 11.5 Å². The van der Waals surface area contributed by atoms with Crippen LogP contribution in [0.1, 0.15) is 11.1 Å². The Balaban J connectivity index is 1.40. The van der Waals surface area contributed by atoms with E-state index in [9.17, 15) is 13.2 Å². The second kappa shape index (κ2) is 9.54. The summed E-state index contributed by atoms with van der Waals surface area (Å²) in [6.07, 6.45) is -1.01. The highest BCUT2D eigenvalue weighted by molar-refractivity contribution is 7.92. The standard InChI is InChI=1S/C28H26N2O5S/c1-19-7-14-26-25(15-19)30(36(32,33)24-12-10-23(34-2)11-13-24)18-27(35-26)28(31)29-17-20-8-9-21-5-3-4-6-22(21)16-20/h3-16,27H,17-18H2,1-2H3,(H,29,31). The number of carbonyl (C=O) groups excluding carboxylic acids is 1. The van der Waals surface area contributed by atoms with Crippen molar-refractivity contribution in [3.63, 3.8) is 0 Å². The molecule has 0 radical (unpaired) electrons. The van der Waals surface area contributed by atoms with Crippen LogP contribution in [0.15, 0.2) is 89.8 Å². The quantitative estimate of drug-likeness (QED) is 0.422.